The lowest BCUT2D eigenvalue weighted by Gasteiger charge is -2.21. The molecule has 2 aromatic rings. The maximum atomic E-state index is 5.78. The lowest BCUT2D eigenvalue weighted by molar-refractivity contribution is 0.588. The van der Waals surface area contributed by atoms with Crippen molar-refractivity contribution in [1.82, 2.24) is 0 Å². The Kier molecular flexibility index (Phi) is 8.44. The molecular formula is C30H35P. The average Bonchev–Trinajstić information content (AvgIpc) is 2.72. The third-order valence-electron chi connectivity index (χ3n) is 5.46. The third-order valence-corrected chi connectivity index (χ3v) is 6.55. The Balaban J connectivity index is 2.10. The van der Waals surface area contributed by atoms with Gasteiger partial charge >= 0.3 is 0 Å². The van der Waals surface area contributed by atoms with Gasteiger partial charge in [0.25, 0.3) is 0 Å². The van der Waals surface area contributed by atoms with Crippen LogP contribution in [0.25, 0.3) is 5.57 Å². The minimum Gasteiger partial charge on any atom is -0.126 e. The second-order valence-corrected chi connectivity index (χ2v) is 9.93. The molecule has 2 aromatic carbocycles. The van der Waals surface area contributed by atoms with Crippen molar-refractivity contribution in [3.8, 4) is 12.3 Å². The number of rotatable bonds is 7. The van der Waals surface area contributed by atoms with E-state index in [0.717, 1.165) is 28.7 Å². The van der Waals surface area contributed by atoms with Crippen LogP contribution in [0.2, 0.25) is 0 Å². The summed E-state index contributed by atoms with van der Waals surface area (Å²) < 4.78 is 0. The van der Waals surface area contributed by atoms with Gasteiger partial charge in [-0.25, -0.2) is 0 Å². The first-order valence-electron chi connectivity index (χ1n) is 10.7. The van der Waals surface area contributed by atoms with Gasteiger partial charge in [0.1, 0.15) is 0 Å². The van der Waals surface area contributed by atoms with E-state index in [9.17, 15) is 0 Å². The van der Waals surface area contributed by atoms with E-state index in [2.05, 4.69) is 117 Å². The molecule has 2 atom stereocenters. The summed E-state index contributed by atoms with van der Waals surface area (Å²) in [4.78, 5) is 0. The van der Waals surface area contributed by atoms with Crippen LogP contribution in [-0.4, -0.2) is 5.66 Å². The Morgan fingerprint density at radius 3 is 2.23 bits per heavy atom. The fraction of sp³-hybridized carbons (Fsp3) is 0.267. The lowest BCUT2D eigenvalue weighted by atomic mass is 9.83. The summed E-state index contributed by atoms with van der Waals surface area (Å²) >= 11 is 0. The van der Waals surface area contributed by atoms with Gasteiger partial charge in [-0.05, 0) is 59.6 Å². The van der Waals surface area contributed by atoms with Gasteiger partial charge in [0.15, 0.2) is 0 Å². The molecule has 0 nitrogen and oxygen atoms in total. The topological polar surface area (TPSA) is 0 Å². The van der Waals surface area contributed by atoms with Crippen LogP contribution in [0.1, 0.15) is 62.4 Å². The highest BCUT2D eigenvalue weighted by molar-refractivity contribution is 7.18. The van der Waals surface area contributed by atoms with E-state index in [1.54, 1.807) is 0 Å². The zero-order valence-corrected chi connectivity index (χ0v) is 20.8. The summed E-state index contributed by atoms with van der Waals surface area (Å²) in [5.74, 6) is 2.86. The lowest BCUT2D eigenvalue weighted by Crippen LogP contribution is -2.13. The first-order valence-corrected chi connectivity index (χ1v) is 11.3. The average molecular weight is 427 g/mol. The largest absolute Gasteiger partial charge is 0.126 e. The fourth-order valence-corrected chi connectivity index (χ4v) is 3.56. The monoisotopic (exact) mass is 426 g/mol. The highest BCUT2D eigenvalue weighted by atomic mass is 31.0. The molecule has 0 saturated heterocycles. The highest BCUT2D eigenvalue weighted by Gasteiger charge is 2.17. The van der Waals surface area contributed by atoms with E-state index in [4.69, 9.17) is 6.42 Å². The van der Waals surface area contributed by atoms with Crippen LogP contribution in [0.5, 0.6) is 0 Å². The quantitative estimate of drug-likeness (QED) is 0.183. The van der Waals surface area contributed by atoms with Crippen molar-refractivity contribution in [3.05, 3.63) is 113 Å². The molecule has 31 heavy (non-hydrogen) atoms. The molecule has 160 valence electrons. The van der Waals surface area contributed by atoms with Gasteiger partial charge in [-0.2, -0.15) is 0 Å². The van der Waals surface area contributed by atoms with Gasteiger partial charge in [-0.1, -0.05) is 106 Å². The van der Waals surface area contributed by atoms with E-state index in [0.29, 0.717) is 5.66 Å². The molecule has 0 amide bonds. The van der Waals surface area contributed by atoms with Crippen LogP contribution >= 0.6 is 9.24 Å². The highest BCUT2D eigenvalue weighted by Crippen LogP contribution is 2.27. The Hall–Kier alpha value is -2.61. The Bertz CT molecular complexity index is 1050. The smallest absolute Gasteiger partial charge is 0.0282 e. The fourth-order valence-electron chi connectivity index (χ4n) is 3.45. The molecular weight excluding hydrogens is 391 g/mol. The number of terminal acetylenes is 1. The van der Waals surface area contributed by atoms with E-state index in [-0.39, 0.29) is 5.41 Å². The Morgan fingerprint density at radius 2 is 1.68 bits per heavy atom. The van der Waals surface area contributed by atoms with Gasteiger partial charge in [-0.15, -0.1) is 15.7 Å². The maximum Gasteiger partial charge on any atom is 0.0282 e. The molecule has 0 aliphatic rings. The van der Waals surface area contributed by atoms with Crippen molar-refractivity contribution in [3.63, 3.8) is 0 Å². The first-order chi connectivity index (χ1) is 14.5. The second kappa shape index (κ2) is 10.6. The van der Waals surface area contributed by atoms with E-state index < -0.39 is 0 Å². The van der Waals surface area contributed by atoms with Crippen molar-refractivity contribution in [1.29, 1.82) is 0 Å². The second-order valence-electron chi connectivity index (χ2n) is 9.27. The number of allylic oxidation sites excluding steroid dienone is 6. The van der Waals surface area contributed by atoms with Crippen molar-refractivity contribution < 1.29 is 0 Å². The van der Waals surface area contributed by atoms with Crippen molar-refractivity contribution >= 4 is 14.8 Å². The summed E-state index contributed by atoms with van der Waals surface area (Å²) in [6.07, 6.45) is 12.9. The van der Waals surface area contributed by atoms with Gasteiger partial charge in [0.2, 0.25) is 0 Å². The van der Waals surface area contributed by atoms with E-state index >= 15 is 0 Å². The zero-order chi connectivity index (χ0) is 23.2. The Morgan fingerprint density at radius 1 is 1.06 bits per heavy atom. The van der Waals surface area contributed by atoms with E-state index in [1.165, 1.54) is 22.3 Å². The molecule has 0 N–H and O–H groups in total. The summed E-state index contributed by atoms with van der Waals surface area (Å²) in [5, 5.41) is 0. The number of benzene rings is 2. The van der Waals surface area contributed by atoms with Crippen LogP contribution in [-0.2, 0) is 11.8 Å². The van der Waals surface area contributed by atoms with Crippen molar-refractivity contribution in [2.45, 2.75) is 52.1 Å². The minimum atomic E-state index is 0.0465. The molecule has 0 saturated carbocycles. The molecule has 0 heterocycles. The molecule has 1 heteroatoms. The maximum absolute atomic E-state index is 5.78. The SMILES string of the molecule is C#Cc1cc(Cc2ccc(C(=C)/C=C\C=C(/C)C(P)C(=C)C)cc2)ccc1C(C)(C)C. The minimum absolute atomic E-state index is 0.0465. The van der Waals surface area contributed by atoms with E-state index in [1.807, 2.05) is 6.92 Å². The molecule has 0 spiro atoms. The Labute approximate surface area is 192 Å². The first kappa shape index (κ1) is 24.7. The van der Waals surface area contributed by atoms with Crippen LogP contribution in [0.15, 0.2) is 85.0 Å². The predicted molar refractivity (Wildman–Crippen MR) is 143 cm³/mol. The molecule has 0 fully saturated rings. The summed E-state index contributed by atoms with van der Waals surface area (Å²) in [6, 6.07) is 15.1. The zero-order valence-electron chi connectivity index (χ0n) is 19.6. The molecule has 0 aromatic heterocycles. The normalized spacial score (nSPS) is 13.1. The standard InChI is InChI=1S/C30H35P/c1-9-26-20-25(15-18-28(26)30(6,7)8)19-24-13-16-27(17-14-24)22(4)11-10-12-23(5)29(31)21(2)3/h1,10-18,20,29H,2,4,19,31H2,3,5-8H3/b11-10-,23-12+. The van der Waals surface area contributed by atoms with Crippen LogP contribution in [0.4, 0.5) is 0 Å². The molecule has 0 aliphatic heterocycles. The molecule has 0 bridgehead atoms. The predicted octanol–water partition coefficient (Wildman–Crippen LogP) is 7.89. The van der Waals surface area contributed by atoms with Crippen LogP contribution in [0.3, 0.4) is 0 Å². The summed E-state index contributed by atoms with van der Waals surface area (Å²) in [7, 11) is 2.83. The molecule has 2 rings (SSSR count). The summed E-state index contributed by atoms with van der Waals surface area (Å²) in [5.41, 5.74) is 9.59. The van der Waals surface area contributed by atoms with Gasteiger partial charge < -0.3 is 0 Å². The molecule has 2 unspecified atom stereocenters. The number of hydrogen-bond donors (Lipinski definition) is 0. The van der Waals surface area contributed by atoms with Gasteiger partial charge in [0, 0.05) is 11.2 Å². The third kappa shape index (κ3) is 6.95. The molecule has 0 aliphatic carbocycles. The van der Waals surface area contributed by atoms with Crippen molar-refractivity contribution in [2.75, 3.05) is 0 Å². The summed E-state index contributed by atoms with van der Waals surface area (Å²) in [6.45, 7) is 19.0. The number of hydrogen-bond acceptors (Lipinski definition) is 0. The van der Waals surface area contributed by atoms with Crippen LogP contribution < -0.4 is 0 Å². The molecule has 0 radical (unpaired) electrons. The van der Waals surface area contributed by atoms with Crippen molar-refractivity contribution in [2.24, 2.45) is 0 Å². The van der Waals surface area contributed by atoms with Gasteiger partial charge in [0.05, 0.1) is 0 Å². The van der Waals surface area contributed by atoms with Crippen LogP contribution in [0, 0.1) is 12.3 Å². The van der Waals surface area contributed by atoms with Gasteiger partial charge in [-0.3, -0.25) is 0 Å².